The Morgan fingerprint density at radius 3 is 1.35 bits per heavy atom. The van der Waals surface area contributed by atoms with Crippen LogP contribution in [0.4, 0.5) is 34.4 Å². The van der Waals surface area contributed by atoms with Crippen LogP contribution >= 0.6 is 0 Å². The quantitative estimate of drug-likeness (QED) is 0.173. The van der Waals surface area contributed by atoms with Gasteiger partial charge in [0.05, 0.1) is 0 Å². The summed E-state index contributed by atoms with van der Waals surface area (Å²) in [7, 11) is 0. The normalized spacial score (nSPS) is 11.0. The zero-order valence-corrected chi connectivity index (χ0v) is 25.1. The van der Waals surface area contributed by atoms with Crippen molar-refractivity contribution in [1.82, 2.24) is 9.97 Å². The van der Waals surface area contributed by atoms with Gasteiger partial charge in [-0.2, -0.15) is 0 Å². The third-order valence-electron chi connectivity index (χ3n) is 8.32. The van der Waals surface area contributed by atoms with Gasteiger partial charge in [0.25, 0.3) is 0 Å². The molecular weight excluding hydrogens is 560 g/mol. The fraction of sp³-hybridized carbons (Fsp3) is 0. The zero-order chi connectivity index (χ0) is 30.7. The Morgan fingerprint density at radius 2 is 0.783 bits per heavy atom. The van der Waals surface area contributed by atoms with Gasteiger partial charge in [-0.25, -0.2) is 9.97 Å². The molecule has 0 spiro atoms. The van der Waals surface area contributed by atoms with E-state index in [1.54, 1.807) is 0 Å². The predicted octanol–water partition coefficient (Wildman–Crippen LogP) is 11.4. The first-order chi connectivity index (χ1) is 22.8. The number of hydrogen-bond donors (Lipinski definition) is 0. The Hall–Kier alpha value is -6.26. The number of aromatic nitrogens is 2. The van der Waals surface area contributed by atoms with Crippen LogP contribution < -0.4 is 9.80 Å². The molecule has 0 aliphatic carbocycles. The largest absolute Gasteiger partial charge is 0.295 e. The Kier molecular flexibility index (Phi) is 7.14. The van der Waals surface area contributed by atoms with Crippen LogP contribution in [0.1, 0.15) is 0 Å². The van der Waals surface area contributed by atoms with E-state index in [9.17, 15) is 0 Å². The standard InChI is InChI=1S/C42H30N4/c1-3-11-35(12-4-1)45(41-15-7-9-27-43-41)37-22-19-31(20-23-37)32-21-25-39-33(29-32)17-18-34-30-38(24-26-40(34)39)46(36-13-5-2-6-14-36)42-16-8-10-28-44-42/h1-30H. The number of pyridine rings is 2. The van der Waals surface area contributed by atoms with Gasteiger partial charge < -0.3 is 0 Å². The molecule has 6 aromatic carbocycles. The molecule has 2 aromatic heterocycles. The SMILES string of the molecule is c1ccc(N(c2ccc(-c3ccc4c(ccc5cc(N(c6ccccc6)c6ccccn6)ccc54)c3)cc2)c2ccccn2)cc1. The summed E-state index contributed by atoms with van der Waals surface area (Å²) < 4.78 is 0. The van der Waals surface area contributed by atoms with Gasteiger partial charge >= 0.3 is 0 Å². The lowest BCUT2D eigenvalue weighted by Gasteiger charge is -2.24. The molecular formula is C42H30N4. The lowest BCUT2D eigenvalue weighted by Crippen LogP contribution is -2.11. The van der Waals surface area contributed by atoms with Crippen molar-refractivity contribution < 1.29 is 0 Å². The van der Waals surface area contributed by atoms with E-state index in [-0.39, 0.29) is 0 Å². The molecule has 0 aliphatic rings. The molecule has 0 aliphatic heterocycles. The highest BCUT2D eigenvalue weighted by molar-refractivity contribution is 6.09. The summed E-state index contributed by atoms with van der Waals surface area (Å²) in [6.45, 7) is 0. The number of rotatable bonds is 7. The summed E-state index contributed by atoms with van der Waals surface area (Å²) in [6, 6.07) is 59.4. The van der Waals surface area contributed by atoms with Gasteiger partial charge in [-0.15, -0.1) is 0 Å². The van der Waals surface area contributed by atoms with Crippen molar-refractivity contribution in [3.8, 4) is 11.1 Å². The third kappa shape index (κ3) is 5.23. The molecule has 218 valence electrons. The molecule has 0 amide bonds. The number of fused-ring (bicyclic) bond motifs is 3. The second-order valence-electron chi connectivity index (χ2n) is 11.2. The molecule has 0 saturated carbocycles. The number of benzene rings is 6. The van der Waals surface area contributed by atoms with E-state index in [2.05, 4.69) is 141 Å². The minimum atomic E-state index is 0.883. The molecule has 0 saturated heterocycles. The summed E-state index contributed by atoms with van der Waals surface area (Å²) in [5.74, 6) is 1.77. The van der Waals surface area contributed by atoms with Crippen molar-refractivity contribution in [3.63, 3.8) is 0 Å². The van der Waals surface area contributed by atoms with Crippen molar-refractivity contribution in [2.45, 2.75) is 0 Å². The number of para-hydroxylation sites is 2. The van der Waals surface area contributed by atoms with Crippen LogP contribution in [0.5, 0.6) is 0 Å². The number of hydrogen-bond acceptors (Lipinski definition) is 4. The van der Waals surface area contributed by atoms with Gasteiger partial charge in [-0.05, 0) is 112 Å². The molecule has 4 nitrogen and oxygen atoms in total. The van der Waals surface area contributed by atoms with E-state index in [0.717, 1.165) is 34.4 Å². The van der Waals surface area contributed by atoms with Crippen LogP contribution in [0, 0.1) is 0 Å². The highest BCUT2D eigenvalue weighted by Gasteiger charge is 2.15. The fourth-order valence-electron chi connectivity index (χ4n) is 6.13. The third-order valence-corrected chi connectivity index (χ3v) is 8.32. The molecule has 0 fully saturated rings. The first-order valence-electron chi connectivity index (χ1n) is 15.4. The van der Waals surface area contributed by atoms with Crippen molar-refractivity contribution in [1.29, 1.82) is 0 Å². The van der Waals surface area contributed by atoms with E-state index in [1.807, 2.05) is 60.9 Å². The Balaban J connectivity index is 1.13. The monoisotopic (exact) mass is 590 g/mol. The second-order valence-corrected chi connectivity index (χ2v) is 11.2. The summed E-state index contributed by atoms with van der Waals surface area (Å²) in [5, 5.41) is 4.87. The average Bonchev–Trinajstić information content (AvgIpc) is 3.14. The molecule has 4 heteroatoms. The highest BCUT2D eigenvalue weighted by Crippen LogP contribution is 2.38. The van der Waals surface area contributed by atoms with Crippen molar-refractivity contribution >= 4 is 55.9 Å². The molecule has 0 radical (unpaired) electrons. The topological polar surface area (TPSA) is 32.3 Å². The molecule has 8 aromatic rings. The molecule has 0 atom stereocenters. The van der Waals surface area contributed by atoms with Crippen LogP contribution in [0.15, 0.2) is 182 Å². The summed E-state index contributed by atoms with van der Waals surface area (Å²) >= 11 is 0. The highest BCUT2D eigenvalue weighted by atomic mass is 15.2. The van der Waals surface area contributed by atoms with Crippen LogP contribution in [0.3, 0.4) is 0 Å². The van der Waals surface area contributed by atoms with Crippen LogP contribution in [-0.2, 0) is 0 Å². The van der Waals surface area contributed by atoms with Gasteiger partial charge in [0.15, 0.2) is 0 Å². The van der Waals surface area contributed by atoms with E-state index in [1.165, 1.54) is 32.7 Å². The van der Waals surface area contributed by atoms with Crippen molar-refractivity contribution in [2.24, 2.45) is 0 Å². The zero-order valence-electron chi connectivity index (χ0n) is 25.1. The number of anilines is 6. The molecule has 8 rings (SSSR count). The molecule has 2 heterocycles. The summed E-state index contributed by atoms with van der Waals surface area (Å²) in [6.07, 6.45) is 3.67. The van der Waals surface area contributed by atoms with Crippen molar-refractivity contribution in [3.05, 3.63) is 182 Å². The molecule has 0 N–H and O–H groups in total. The molecule has 0 bridgehead atoms. The van der Waals surface area contributed by atoms with Crippen LogP contribution in [0.25, 0.3) is 32.7 Å². The first-order valence-corrected chi connectivity index (χ1v) is 15.4. The fourth-order valence-corrected chi connectivity index (χ4v) is 6.13. The Labute approximate surface area is 268 Å². The molecule has 0 unspecified atom stereocenters. The van der Waals surface area contributed by atoms with Gasteiger partial charge in [-0.1, -0.05) is 91.0 Å². The minimum Gasteiger partial charge on any atom is -0.295 e. The van der Waals surface area contributed by atoms with Gasteiger partial charge in [-0.3, -0.25) is 9.80 Å². The van der Waals surface area contributed by atoms with Gasteiger partial charge in [0, 0.05) is 35.1 Å². The smallest absolute Gasteiger partial charge is 0.137 e. The summed E-state index contributed by atoms with van der Waals surface area (Å²) in [4.78, 5) is 13.7. The Morgan fingerprint density at radius 1 is 0.326 bits per heavy atom. The lowest BCUT2D eigenvalue weighted by atomic mass is 9.97. The maximum Gasteiger partial charge on any atom is 0.137 e. The first kappa shape index (κ1) is 27.3. The number of nitrogens with zero attached hydrogens (tertiary/aromatic N) is 4. The maximum absolute atomic E-state index is 4.67. The van der Waals surface area contributed by atoms with E-state index in [4.69, 9.17) is 0 Å². The van der Waals surface area contributed by atoms with Crippen LogP contribution in [-0.4, -0.2) is 9.97 Å². The maximum atomic E-state index is 4.67. The van der Waals surface area contributed by atoms with Crippen molar-refractivity contribution in [2.75, 3.05) is 9.80 Å². The van der Waals surface area contributed by atoms with E-state index >= 15 is 0 Å². The van der Waals surface area contributed by atoms with E-state index in [0.29, 0.717) is 0 Å². The van der Waals surface area contributed by atoms with E-state index < -0.39 is 0 Å². The Bertz CT molecular complexity index is 2160. The summed E-state index contributed by atoms with van der Waals surface area (Å²) in [5.41, 5.74) is 6.63. The lowest BCUT2D eigenvalue weighted by molar-refractivity contribution is 1.18. The van der Waals surface area contributed by atoms with Crippen LogP contribution in [0.2, 0.25) is 0 Å². The average molecular weight is 591 g/mol. The molecule has 46 heavy (non-hydrogen) atoms. The predicted molar refractivity (Wildman–Crippen MR) is 192 cm³/mol. The minimum absolute atomic E-state index is 0.883. The second kappa shape index (κ2) is 12.0. The van der Waals surface area contributed by atoms with Gasteiger partial charge in [0.1, 0.15) is 11.6 Å². The van der Waals surface area contributed by atoms with Gasteiger partial charge in [0.2, 0.25) is 0 Å².